The first-order valence-corrected chi connectivity index (χ1v) is 13.1. The maximum atomic E-state index is 12.3. The van der Waals surface area contributed by atoms with Gasteiger partial charge in [-0.3, -0.25) is 4.79 Å². The van der Waals surface area contributed by atoms with E-state index < -0.39 is 10.9 Å². The summed E-state index contributed by atoms with van der Waals surface area (Å²) in [6, 6.07) is 41.6. The largest absolute Gasteiger partial charge is 0.421 e. The Morgan fingerprint density at radius 3 is 1.82 bits per heavy atom. The zero-order chi connectivity index (χ0) is 23.3. The zero-order valence-electron chi connectivity index (χ0n) is 18.7. The lowest BCUT2D eigenvalue weighted by atomic mass is 10.1. The lowest BCUT2D eigenvalue weighted by Gasteiger charge is -2.17. The van der Waals surface area contributed by atoms with E-state index in [0.29, 0.717) is 5.75 Å². The molecule has 0 radical (unpaired) electrons. The Bertz CT molecular complexity index is 1380. The number of fused-ring (bicyclic) bond motifs is 1. The van der Waals surface area contributed by atoms with Crippen molar-refractivity contribution in [3.05, 3.63) is 121 Å². The summed E-state index contributed by atoms with van der Waals surface area (Å²) in [4.78, 5) is 17.9. The Morgan fingerprint density at radius 1 is 0.706 bits per heavy atom. The summed E-state index contributed by atoms with van der Waals surface area (Å²) >= 11 is 1.70. The van der Waals surface area contributed by atoms with Crippen LogP contribution >= 0.6 is 11.8 Å². The van der Waals surface area contributed by atoms with Gasteiger partial charge in [-0.05, 0) is 47.9 Å². The minimum Gasteiger partial charge on any atom is -0.421 e. The van der Waals surface area contributed by atoms with E-state index in [1.54, 1.807) is 11.8 Å². The van der Waals surface area contributed by atoms with E-state index in [-0.39, 0.29) is 5.97 Å². The van der Waals surface area contributed by atoms with Crippen LogP contribution in [0.2, 0.25) is 0 Å². The van der Waals surface area contributed by atoms with E-state index >= 15 is 0 Å². The third kappa shape index (κ3) is 4.74. The molecule has 2 nitrogen and oxygen atoms in total. The van der Waals surface area contributed by atoms with Gasteiger partial charge in [0.2, 0.25) is 4.90 Å². The summed E-state index contributed by atoms with van der Waals surface area (Å²) in [5.74, 6) is 0.318. The van der Waals surface area contributed by atoms with Crippen LogP contribution in [-0.4, -0.2) is 5.97 Å². The van der Waals surface area contributed by atoms with Crippen LogP contribution in [0.4, 0.5) is 0 Å². The molecule has 5 aromatic rings. The molecule has 0 aliphatic heterocycles. The van der Waals surface area contributed by atoms with Gasteiger partial charge in [-0.15, -0.1) is 0 Å². The molecule has 166 valence electrons. The van der Waals surface area contributed by atoms with Gasteiger partial charge >= 0.3 is 5.97 Å². The van der Waals surface area contributed by atoms with Crippen LogP contribution in [0.5, 0.6) is 5.75 Å². The van der Waals surface area contributed by atoms with E-state index in [9.17, 15) is 4.79 Å². The highest BCUT2D eigenvalue weighted by atomic mass is 32.2. The van der Waals surface area contributed by atoms with Gasteiger partial charge in [0, 0.05) is 17.2 Å². The topological polar surface area (TPSA) is 26.3 Å². The summed E-state index contributed by atoms with van der Waals surface area (Å²) in [5.41, 5.74) is 0. The number of hydrogen-bond acceptors (Lipinski definition) is 3. The molecule has 0 saturated carbocycles. The highest BCUT2D eigenvalue weighted by Crippen LogP contribution is 2.47. The molecule has 34 heavy (non-hydrogen) atoms. The fourth-order valence-corrected chi connectivity index (χ4v) is 7.38. The number of carbonyl (C=O) groups is 1. The van der Waals surface area contributed by atoms with E-state index in [1.807, 2.05) is 48.5 Å². The van der Waals surface area contributed by atoms with E-state index in [4.69, 9.17) is 4.74 Å². The molecule has 0 spiro atoms. The molecule has 0 aliphatic carbocycles. The van der Waals surface area contributed by atoms with Crippen LogP contribution in [-0.2, 0) is 15.7 Å². The molecule has 0 aromatic heterocycles. The molecule has 4 heteroatoms. The Morgan fingerprint density at radius 2 is 1.24 bits per heavy atom. The van der Waals surface area contributed by atoms with Crippen LogP contribution < -0.4 is 4.74 Å². The van der Waals surface area contributed by atoms with E-state index in [2.05, 4.69) is 72.8 Å². The Balaban J connectivity index is 1.85. The van der Waals surface area contributed by atoms with Gasteiger partial charge in [-0.25, -0.2) is 0 Å². The van der Waals surface area contributed by atoms with Crippen molar-refractivity contribution < 1.29 is 9.53 Å². The number of hydrogen-bond donors (Lipinski definition) is 0. The van der Waals surface area contributed by atoms with Crippen molar-refractivity contribution in [3.8, 4) is 5.75 Å². The Hall–Kier alpha value is -3.47. The summed E-state index contributed by atoms with van der Waals surface area (Å²) in [6.45, 7) is 1.47. The van der Waals surface area contributed by atoms with Crippen molar-refractivity contribution >= 4 is 39.4 Å². The molecule has 0 unspecified atom stereocenters. The molecule has 0 amide bonds. The Labute approximate surface area is 207 Å². The number of esters is 1. The predicted molar refractivity (Wildman–Crippen MR) is 141 cm³/mol. The monoisotopic (exact) mass is 479 g/mol. The second-order valence-electron chi connectivity index (χ2n) is 7.70. The van der Waals surface area contributed by atoms with Crippen molar-refractivity contribution in [3.63, 3.8) is 0 Å². The fraction of sp³-hybridized carbons (Fsp3) is 0.0333. The Kier molecular flexibility index (Phi) is 6.70. The van der Waals surface area contributed by atoms with E-state index in [0.717, 1.165) is 25.5 Å². The zero-order valence-corrected chi connectivity index (χ0v) is 20.3. The van der Waals surface area contributed by atoms with Gasteiger partial charge in [-0.1, -0.05) is 90.6 Å². The van der Waals surface area contributed by atoms with Crippen molar-refractivity contribution in [2.75, 3.05) is 0 Å². The molecular weight excluding hydrogens is 456 g/mol. The highest BCUT2D eigenvalue weighted by Gasteiger charge is 2.37. The van der Waals surface area contributed by atoms with Crippen molar-refractivity contribution in [1.82, 2.24) is 0 Å². The van der Waals surface area contributed by atoms with Crippen molar-refractivity contribution in [2.45, 2.75) is 31.4 Å². The van der Waals surface area contributed by atoms with Crippen LogP contribution in [0.1, 0.15) is 6.92 Å². The molecule has 0 aliphatic rings. The molecule has 0 fully saturated rings. The number of ether oxygens (including phenoxy) is 1. The van der Waals surface area contributed by atoms with Gasteiger partial charge in [0.25, 0.3) is 0 Å². The maximum absolute atomic E-state index is 12.3. The SMILES string of the molecule is CC(=O)Oc1c([S+](c2ccccc2)c2ccccc2)c(Sc2ccccc2)cc2ccccc12. The summed E-state index contributed by atoms with van der Waals surface area (Å²) in [5, 5.41) is 1.99. The lowest BCUT2D eigenvalue weighted by Crippen LogP contribution is -2.12. The van der Waals surface area contributed by atoms with Crippen molar-refractivity contribution in [2.24, 2.45) is 0 Å². The van der Waals surface area contributed by atoms with E-state index in [1.165, 1.54) is 16.7 Å². The molecule has 0 heterocycles. The van der Waals surface area contributed by atoms with Gasteiger partial charge < -0.3 is 4.74 Å². The van der Waals surface area contributed by atoms with Gasteiger partial charge in [0.05, 0.1) is 4.90 Å². The van der Waals surface area contributed by atoms with Crippen LogP contribution in [0, 0.1) is 0 Å². The summed E-state index contributed by atoms with van der Waals surface area (Å²) in [6.07, 6.45) is 0. The molecule has 0 N–H and O–H groups in total. The smallest absolute Gasteiger partial charge is 0.308 e. The molecular formula is C30H23O2S2+. The first-order valence-electron chi connectivity index (χ1n) is 11.0. The van der Waals surface area contributed by atoms with Crippen LogP contribution in [0.15, 0.2) is 146 Å². The quantitative estimate of drug-likeness (QED) is 0.140. The molecule has 5 aromatic carbocycles. The third-order valence-corrected chi connectivity index (χ3v) is 8.78. The average molecular weight is 480 g/mol. The normalized spacial score (nSPS) is 11.0. The van der Waals surface area contributed by atoms with Crippen molar-refractivity contribution in [1.29, 1.82) is 0 Å². The molecule has 0 atom stereocenters. The minimum absolute atomic E-state index is 0.321. The van der Waals surface area contributed by atoms with Gasteiger partial charge in [0.1, 0.15) is 10.9 Å². The standard InChI is InChI=1S/C30H23O2S2/c1-22(31)32-29-27-20-12-11-13-23(27)21-28(33-24-14-5-2-6-15-24)30(29)34(25-16-7-3-8-17-25)26-18-9-4-10-19-26/h2-21H,1H3/q+1. The second kappa shape index (κ2) is 10.2. The summed E-state index contributed by atoms with van der Waals surface area (Å²) in [7, 11) is -0.482. The first-order chi connectivity index (χ1) is 16.7. The van der Waals surface area contributed by atoms with Crippen LogP contribution in [0.3, 0.4) is 0 Å². The molecule has 5 rings (SSSR count). The van der Waals surface area contributed by atoms with Crippen LogP contribution in [0.25, 0.3) is 10.8 Å². The second-order valence-corrected chi connectivity index (χ2v) is 10.8. The number of rotatable bonds is 6. The molecule has 0 saturated heterocycles. The number of benzene rings is 5. The van der Waals surface area contributed by atoms with Gasteiger partial charge in [0.15, 0.2) is 15.5 Å². The molecule has 0 bridgehead atoms. The lowest BCUT2D eigenvalue weighted by molar-refractivity contribution is -0.131. The van der Waals surface area contributed by atoms with Gasteiger partial charge in [-0.2, -0.15) is 0 Å². The number of carbonyl (C=O) groups excluding carboxylic acids is 1. The average Bonchev–Trinajstić information content (AvgIpc) is 2.87. The summed E-state index contributed by atoms with van der Waals surface area (Å²) < 4.78 is 6.02. The first kappa shape index (κ1) is 22.3. The highest BCUT2D eigenvalue weighted by molar-refractivity contribution is 8.01. The third-order valence-electron chi connectivity index (χ3n) is 5.30. The fourth-order valence-electron chi connectivity index (χ4n) is 3.89. The predicted octanol–water partition coefficient (Wildman–Crippen LogP) is 8.01. The minimum atomic E-state index is -0.482. The maximum Gasteiger partial charge on any atom is 0.308 e.